The Hall–Kier alpha value is -0.910. The van der Waals surface area contributed by atoms with Crippen molar-refractivity contribution in [2.45, 2.75) is 38.6 Å². The van der Waals surface area contributed by atoms with Crippen LogP contribution in [0.1, 0.15) is 32.6 Å². The molecule has 0 aromatic heterocycles. The first-order valence-corrected chi connectivity index (χ1v) is 7.58. The summed E-state index contributed by atoms with van der Waals surface area (Å²) in [7, 11) is 0. The first-order chi connectivity index (χ1) is 8.58. The highest BCUT2D eigenvalue weighted by Crippen LogP contribution is 2.48. The van der Waals surface area contributed by atoms with Gasteiger partial charge in [0.25, 0.3) is 0 Å². The molecule has 1 atom stereocenters. The molecule has 1 heterocycles. The van der Waals surface area contributed by atoms with Crippen molar-refractivity contribution in [2.24, 2.45) is 5.41 Å². The summed E-state index contributed by atoms with van der Waals surface area (Å²) in [5.74, 6) is 0.0525. The Labute approximate surface area is 111 Å². The average Bonchev–Trinajstić information content (AvgIpc) is 2.92. The van der Waals surface area contributed by atoms with Crippen LogP contribution in [-0.4, -0.2) is 46.2 Å². The van der Waals surface area contributed by atoms with Gasteiger partial charge in [0.05, 0.1) is 5.88 Å². The summed E-state index contributed by atoms with van der Waals surface area (Å²) in [6, 6.07) is -0.897. The molecule has 0 unspecified atom stereocenters. The smallest absolute Gasteiger partial charge is 0.327 e. The minimum Gasteiger partial charge on any atom is -0.480 e. The lowest BCUT2D eigenvalue weighted by molar-refractivity contribution is -0.140. The van der Waals surface area contributed by atoms with E-state index in [1.807, 2.05) is 0 Å². The first-order valence-electron chi connectivity index (χ1n) is 6.43. The lowest BCUT2D eigenvalue weighted by atomic mass is 10.0. The van der Waals surface area contributed by atoms with Crippen molar-refractivity contribution in [2.75, 3.05) is 18.2 Å². The minimum atomic E-state index is -0.912. The fourth-order valence-electron chi connectivity index (χ4n) is 2.43. The molecule has 1 aliphatic carbocycles. The number of carboxylic acid groups (broad SMARTS) is 1. The van der Waals surface area contributed by atoms with Crippen LogP contribution < -0.4 is 5.32 Å². The molecular formula is C12H20N2O3S. The molecule has 0 aromatic rings. The normalized spacial score (nSPS) is 24.9. The number of carbonyl (C=O) groups excluding carboxylic acids is 1. The van der Waals surface area contributed by atoms with Gasteiger partial charge in [0.1, 0.15) is 6.04 Å². The Kier molecular flexibility index (Phi) is 4.04. The number of nitrogens with one attached hydrogen (secondary N) is 1. The maximum Gasteiger partial charge on any atom is 0.327 e. The molecule has 2 amide bonds. The van der Waals surface area contributed by atoms with Crippen LogP contribution in [0.15, 0.2) is 0 Å². The van der Waals surface area contributed by atoms with E-state index in [1.54, 1.807) is 0 Å². The van der Waals surface area contributed by atoms with Crippen LogP contribution in [0.3, 0.4) is 0 Å². The first kappa shape index (κ1) is 13.5. The van der Waals surface area contributed by atoms with Crippen molar-refractivity contribution in [3.63, 3.8) is 0 Å². The number of nitrogens with zero attached hydrogens (tertiary/aromatic N) is 1. The molecule has 2 N–H and O–H groups in total. The summed E-state index contributed by atoms with van der Waals surface area (Å²) >= 11 is 1.49. The lowest BCUT2D eigenvalue weighted by Gasteiger charge is -2.23. The number of rotatable bonds is 5. The van der Waals surface area contributed by atoms with Gasteiger partial charge in [-0.15, -0.1) is 11.8 Å². The van der Waals surface area contributed by atoms with Crippen LogP contribution in [0.25, 0.3) is 0 Å². The highest BCUT2D eigenvalue weighted by molar-refractivity contribution is 7.99. The summed E-state index contributed by atoms with van der Waals surface area (Å²) in [6.45, 7) is 2.84. The van der Waals surface area contributed by atoms with E-state index < -0.39 is 12.0 Å². The Morgan fingerprint density at radius 1 is 1.50 bits per heavy atom. The molecule has 0 spiro atoms. The fourth-order valence-corrected chi connectivity index (χ4v) is 3.58. The molecular weight excluding hydrogens is 252 g/mol. The Morgan fingerprint density at radius 2 is 2.22 bits per heavy atom. The summed E-state index contributed by atoms with van der Waals surface area (Å²) in [5, 5.41) is 11.9. The van der Waals surface area contributed by atoms with E-state index in [4.69, 9.17) is 5.11 Å². The third-order valence-electron chi connectivity index (χ3n) is 3.78. The quantitative estimate of drug-likeness (QED) is 0.799. The largest absolute Gasteiger partial charge is 0.480 e. The molecule has 0 aromatic carbocycles. The molecule has 6 heteroatoms. The van der Waals surface area contributed by atoms with Crippen molar-refractivity contribution in [3.8, 4) is 0 Å². The van der Waals surface area contributed by atoms with Crippen molar-refractivity contribution in [1.82, 2.24) is 10.2 Å². The highest BCUT2D eigenvalue weighted by Gasteiger charge is 2.42. The summed E-state index contributed by atoms with van der Waals surface area (Å²) in [6.07, 6.45) is 4.63. The van der Waals surface area contributed by atoms with Gasteiger partial charge in [-0.1, -0.05) is 13.3 Å². The van der Waals surface area contributed by atoms with Crippen LogP contribution in [0.4, 0.5) is 4.79 Å². The minimum absolute atomic E-state index is 0.227. The Morgan fingerprint density at radius 3 is 2.78 bits per heavy atom. The number of hydrogen-bond donors (Lipinski definition) is 2. The second-order valence-corrected chi connectivity index (χ2v) is 6.23. The average molecular weight is 272 g/mol. The lowest BCUT2D eigenvalue weighted by Crippen LogP contribution is -2.48. The molecule has 5 nitrogen and oxygen atoms in total. The standard InChI is InChI=1S/C12H20N2O3S/c1-2-3-12(4-5-12)7-13-11(17)14-8-18-6-9(14)10(15)16/h9H,2-8H2,1H3,(H,13,17)(H,15,16)/t9-/m0/s1. The molecule has 2 fully saturated rings. The summed E-state index contributed by atoms with van der Waals surface area (Å²) < 4.78 is 0. The third-order valence-corrected chi connectivity index (χ3v) is 4.79. The molecule has 18 heavy (non-hydrogen) atoms. The van der Waals surface area contributed by atoms with E-state index in [0.717, 1.165) is 12.8 Å². The van der Waals surface area contributed by atoms with Crippen LogP contribution in [0.5, 0.6) is 0 Å². The fraction of sp³-hybridized carbons (Fsp3) is 0.833. The van der Waals surface area contributed by atoms with E-state index >= 15 is 0 Å². The molecule has 102 valence electrons. The van der Waals surface area contributed by atoms with Gasteiger partial charge in [0.15, 0.2) is 0 Å². The predicted octanol–water partition coefficient (Wildman–Crippen LogP) is 1.74. The molecule has 0 bridgehead atoms. The van der Waals surface area contributed by atoms with E-state index in [0.29, 0.717) is 23.6 Å². The molecule has 1 aliphatic heterocycles. The van der Waals surface area contributed by atoms with Gasteiger partial charge in [0.2, 0.25) is 0 Å². The Balaban J connectivity index is 1.83. The number of thioether (sulfide) groups is 1. The number of amides is 2. The number of carboxylic acids is 1. The van der Waals surface area contributed by atoms with E-state index in [2.05, 4.69) is 12.2 Å². The van der Waals surface area contributed by atoms with Crippen LogP contribution in [0.2, 0.25) is 0 Å². The maximum absolute atomic E-state index is 12.0. The van der Waals surface area contributed by atoms with E-state index in [-0.39, 0.29) is 6.03 Å². The van der Waals surface area contributed by atoms with Gasteiger partial charge < -0.3 is 15.3 Å². The summed E-state index contributed by atoms with van der Waals surface area (Å²) in [5.41, 5.74) is 0.302. The number of carbonyl (C=O) groups is 2. The predicted molar refractivity (Wildman–Crippen MR) is 70.6 cm³/mol. The Bertz CT molecular complexity index is 344. The van der Waals surface area contributed by atoms with Crippen LogP contribution >= 0.6 is 11.8 Å². The number of aliphatic carboxylic acids is 1. The molecule has 2 aliphatic rings. The zero-order valence-corrected chi connectivity index (χ0v) is 11.5. The zero-order chi connectivity index (χ0) is 13.2. The van der Waals surface area contributed by atoms with Gasteiger partial charge in [-0.3, -0.25) is 0 Å². The van der Waals surface area contributed by atoms with Gasteiger partial charge in [-0.2, -0.15) is 0 Å². The molecule has 2 rings (SSSR count). The maximum atomic E-state index is 12.0. The SMILES string of the molecule is CCCC1(CNC(=O)N2CSC[C@H]2C(=O)O)CC1. The molecule has 1 saturated heterocycles. The van der Waals surface area contributed by atoms with E-state index in [9.17, 15) is 9.59 Å². The highest BCUT2D eigenvalue weighted by atomic mass is 32.2. The van der Waals surface area contributed by atoms with Crippen molar-refractivity contribution in [1.29, 1.82) is 0 Å². The van der Waals surface area contributed by atoms with Crippen molar-refractivity contribution >= 4 is 23.8 Å². The van der Waals surface area contributed by atoms with Crippen LogP contribution in [-0.2, 0) is 4.79 Å². The summed E-state index contributed by atoms with van der Waals surface area (Å²) in [4.78, 5) is 24.4. The second kappa shape index (κ2) is 5.38. The van der Waals surface area contributed by atoms with Gasteiger partial charge in [-0.05, 0) is 24.7 Å². The van der Waals surface area contributed by atoms with Gasteiger partial charge in [0, 0.05) is 12.3 Å². The van der Waals surface area contributed by atoms with Gasteiger partial charge in [-0.25, -0.2) is 9.59 Å². The van der Waals surface area contributed by atoms with E-state index in [1.165, 1.54) is 29.5 Å². The van der Waals surface area contributed by atoms with Crippen molar-refractivity contribution < 1.29 is 14.7 Å². The van der Waals surface area contributed by atoms with Crippen LogP contribution in [0, 0.1) is 5.41 Å². The zero-order valence-electron chi connectivity index (χ0n) is 10.6. The third kappa shape index (κ3) is 2.91. The molecule has 0 radical (unpaired) electrons. The molecule has 1 saturated carbocycles. The second-order valence-electron chi connectivity index (χ2n) is 5.23. The number of hydrogen-bond acceptors (Lipinski definition) is 3. The monoisotopic (exact) mass is 272 g/mol. The van der Waals surface area contributed by atoms with Gasteiger partial charge >= 0.3 is 12.0 Å². The van der Waals surface area contributed by atoms with Crippen molar-refractivity contribution in [3.05, 3.63) is 0 Å². The topological polar surface area (TPSA) is 69.6 Å². The number of urea groups is 1.